The van der Waals surface area contributed by atoms with E-state index in [4.69, 9.17) is 16.3 Å². The third-order valence-corrected chi connectivity index (χ3v) is 3.44. The summed E-state index contributed by atoms with van der Waals surface area (Å²) in [6.45, 7) is 5.66. The van der Waals surface area contributed by atoms with Crippen LogP contribution in [0.3, 0.4) is 0 Å². The Hall–Kier alpha value is -1.67. The van der Waals surface area contributed by atoms with E-state index in [1.54, 1.807) is 0 Å². The first kappa shape index (κ1) is 14.7. The lowest BCUT2D eigenvalue weighted by molar-refractivity contribution is 0.341. The van der Waals surface area contributed by atoms with E-state index in [1.807, 2.05) is 31.2 Å². The highest BCUT2D eigenvalue weighted by Gasteiger charge is 2.08. The van der Waals surface area contributed by atoms with Crippen molar-refractivity contribution in [1.29, 1.82) is 0 Å². The number of nitrogens with one attached hydrogen (secondary N) is 1. The molecule has 0 amide bonds. The summed E-state index contributed by atoms with van der Waals surface area (Å²) in [5.74, 6) is 1.27. The van der Waals surface area contributed by atoms with Crippen LogP contribution >= 0.6 is 11.6 Å². The Kier molecular flexibility index (Phi) is 5.31. The van der Waals surface area contributed by atoms with Crippen LogP contribution < -0.4 is 10.1 Å². The van der Waals surface area contributed by atoms with Gasteiger partial charge in [0, 0.05) is 11.6 Å². The van der Waals surface area contributed by atoms with Gasteiger partial charge in [-0.2, -0.15) is 0 Å². The topological polar surface area (TPSA) is 21.3 Å². The maximum Gasteiger partial charge on any atom is 0.142 e. The van der Waals surface area contributed by atoms with Crippen molar-refractivity contribution in [3.8, 4) is 5.75 Å². The minimum atomic E-state index is 0.421. The molecule has 2 rings (SSSR count). The van der Waals surface area contributed by atoms with Crippen LogP contribution in [0.4, 0.5) is 5.69 Å². The smallest absolute Gasteiger partial charge is 0.142 e. The van der Waals surface area contributed by atoms with Crippen molar-refractivity contribution >= 4 is 17.3 Å². The van der Waals surface area contributed by atoms with Gasteiger partial charge in [-0.25, -0.2) is 0 Å². The maximum absolute atomic E-state index is 6.05. The molecule has 0 aliphatic carbocycles. The number of hydrogen-bond donors (Lipinski definition) is 1. The van der Waals surface area contributed by atoms with E-state index in [0.717, 1.165) is 18.0 Å². The molecule has 1 N–H and O–H groups in total. The number of ether oxygens (including phenoxy) is 1. The highest BCUT2D eigenvalue weighted by molar-refractivity contribution is 6.30. The zero-order valence-electron chi connectivity index (χ0n) is 11.9. The summed E-state index contributed by atoms with van der Waals surface area (Å²) in [5, 5.41) is 4.14. The molecule has 0 heterocycles. The van der Waals surface area contributed by atoms with Gasteiger partial charge in [0.1, 0.15) is 5.75 Å². The summed E-state index contributed by atoms with van der Waals surface area (Å²) >= 11 is 6.05. The van der Waals surface area contributed by atoms with Gasteiger partial charge in [0.2, 0.25) is 0 Å². The molecule has 0 spiro atoms. The van der Waals surface area contributed by atoms with E-state index in [-0.39, 0.29) is 0 Å². The average Bonchev–Trinajstić information content (AvgIpc) is 2.48. The average molecular weight is 290 g/mol. The van der Waals surface area contributed by atoms with E-state index in [2.05, 4.69) is 36.5 Å². The molecule has 20 heavy (non-hydrogen) atoms. The fraction of sp³-hybridized carbons (Fsp3) is 0.294. The Morgan fingerprint density at radius 1 is 1.15 bits per heavy atom. The standard InChI is InChI=1S/C17H20ClNO/c1-3-20-17-10-9-15(18)11-16(17)19-12-13(2)14-7-5-4-6-8-14/h4-11,13,19H,3,12H2,1-2H3. The monoisotopic (exact) mass is 289 g/mol. The molecule has 0 radical (unpaired) electrons. The van der Waals surface area contributed by atoms with Crippen LogP contribution in [0.1, 0.15) is 25.3 Å². The third kappa shape index (κ3) is 3.91. The normalized spacial score (nSPS) is 11.9. The molecule has 2 nitrogen and oxygen atoms in total. The largest absolute Gasteiger partial charge is 0.492 e. The summed E-state index contributed by atoms with van der Waals surface area (Å²) in [5.41, 5.74) is 2.27. The fourth-order valence-electron chi connectivity index (χ4n) is 2.08. The van der Waals surface area contributed by atoms with E-state index < -0.39 is 0 Å². The molecule has 0 bridgehead atoms. The SMILES string of the molecule is CCOc1ccc(Cl)cc1NCC(C)c1ccccc1. The molecular weight excluding hydrogens is 270 g/mol. The van der Waals surface area contributed by atoms with Crippen molar-refractivity contribution in [1.82, 2.24) is 0 Å². The van der Waals surface area contributed by atoms with Gasteiger partial charge >= 0.3 is 0 Å². The molecule has 0 aliphatic rings. The Labute approximate surface area is 125 Å². The number of halogens is 1. The molecule has 0 saturated heterocycles. The molecule has 3 heteroatoms. The van der Waals surface area contributed by atoms with Crippen LogP contribution in [0.2, 0.25) is 5.02 Å². The molecule has 1 unspecified atom stereocenters. The molecule has 2 aromatic rings. The molecule has 106 valence electrons. The zero-order chi connectivity index (χ0) is 14.4. The lowest BCUT2D eigenvalue weighted by Crippen LogP contribution is -2.10. The number of benzene rings is 2. The lowest BCUT2D eigenvalue weighted by Gasteiger charge is -2.16. The van der Waals surface area contributed by atoms with Crippen molar-refractivity contribution in [3.63, 3.8) is 0 Å². The maximum atomic E-state index is 6.05. The zero-order valence-corrected chi connectivity index (χ0v) is 12.7. The number of anilines is 1. The van der Waals surface area contributed by atoms with Crippen molar-refractivity contribution in [2.75, 3.05) is 18.5 Å². The lowest BCUT2D eigenvalue weighted by atomic mass is 10.0. The van der Waals surface area contributed by atoms with Gasteiger partial charge in [0.15, 0.2) is 0 Å². The first-order valence-electron chi connectivity index (χ1n) is 6.92. The minimum absolute atomic E-state index is 0.421. The summed E-state index contributed by atoms with van der Waals surface area (Å²) in [4.78, 5) is 0. The molecule has 0 fully saturated rings. The van der Waals surface area contributed by atoms with Crippen molar-refractivity contribution < 1.29 is 4.74 Å². The number of hydrogen-bond acceptors (Lipinski definition) is 2. The second kappa shape index (κ2) is 7.20. The van der Waals surface area contributed by atoms with Gasteiger partial charge in [-0.05, 0) is 36.6 Å². The Bertz CT molecular complexity index is 542. The van der Waals surface area contributed by atoms with Crippen LogP contribution in [-0.4, -0.2) is 13.2 Å². The predicted molar refractivity (Wildman–Crippen MR) is 86.0 cm³/mol. The van der Waals surface area contributed by atoms with Gasteiger partial charge in [-0.3, -0.25) is 0 Å². The Balaban J connectivity index is 2.05. The molecule has 0 aromatic heterocycles. The van der Waals surface area contributed by atoms with Gasteiger partial charge < -0.3 is 10.1 Å². The molecule has 0 saturated carbocycles. The second-order valence-corrected chi connectivity index (χ2v) is 5.20. The predicted octanol–water partition coefficient (Wildman–Crippen LogP) is 4.95. The Morgan fingerprint density at radius 2 is 1.90 bits per heavy atom. The van der Waals surface area contributed by atoms with Gasteiger partial charge in [0.05, 0.1) is 12.3 Å². The summed E-state index contributed by atoms with van der Waals surface area (Å²) < 4.78 is 5.61. The minimum Gasteiger partial charge on any atom is -0.492 e. The third-order valence-electron chi connectivity index (χ3n) is 3.21. The van der Waals surface area contributed by atoms with Gasteiger partial charge in [-0.1, -0.05) is 48.9 Å². The summed E-state index contributed by atoms with van der Waals surface area (Å²) in [6.07, 6.45) is 0. The molecule has 2 aromatic carbocycles. The van der Waals surface area contributed by atoms with Gasteiger partial charge in [0.25, 0.3) is 0 Å². The highest BCUT2D eigenvalue weighted by atomic mass is 35.5. The van der Waals surface area contributed by atoms with E-state index in [9.17, 15) is 0 Å². The van der Waals surface area contributed by atoms with Crippen LogP contribution in [0.5, 0.6) is 5.75 Å². The van der Waals surface area contributed by atoms with E-state index >= 15 is 0 Å². The first-order valence-corrected chi connectivity index (χ1v) is 7.29. The first-order chi connectivity index (χ1) is 9.70. The molecular formula is C17H20ClNO. The molecule has 1 atom stereocenters. The quantitative estimate of drug-likeness (QED) is 0.812. The van der Waals surface area contributed by atoms with Crippen LogP contribution in [-0.2, 0) is 0 Å². The van der Waals surface area contributed by atoms with Gasteiger partial charge in [-0.15, -0.1) is 0 Å². The van der Waals surface area contributed by atoms with Crippen molar-refractivity contribution in [3.05, 3.63) is 59.1 Å². The summed E-state index contributed by atoms with van der Waals surface area (Å²) in [6, 6.07) is 16.1. The van der Waals surface area contributed by atoms with E-state index in [0.29, 0.717) is 17.5 Å². The van der Waals surface area contributed by atoms with Crippen molar-refractivity contribution in [2.24, 2.45) is 0 Å². The molecule has 0 aliphatic heterocycles. The second-order valence-electron chi connectivity index (χ2n) is 4.77. The van der Waals surface area contributed by atoms with Crippen molar-refractivity contribution in [2.45, 2.75) is 19.8 Å². The number of rotatable bonds is 6. The highest BCUT2D eigenvalue weighted by Crippen LogP contribution is 2.29. The van der Waals surface area contributed by atoms with Crippen LogP contribution in [0, 0.1) is 0 Å². The van der Waals surface area contributed by atoms with E-state index in [1.165, 1.54) is 5.56 Å². The Morgan fingerprint density at radius 3 is 2.60 bits per heavy atom. The summed E-state index contributed by atoms with van der Waals surface area (Å²) in [7, 11) is 0. The van der Waals surface area contributed by atoms with Crippen LogP contribution in [0.15, 0.2) is 48.5 Å². The fourth-order valence-corrected chi connectivity index (χ4v) is 2.26. The van der Waals surface area contributed by atoms with Crippen LogP contribution in [0.25, 0.3) is 0 Å².